The fourth-order valence-corrected chi connectivity index (χ4v) is 3.86. The van der Waals surface area contributed by atoms with E-state index < -0.39 is 22.0 Å². The predicted molar refractivity (Wildman–Crippen MR) is 103 cm³/mol. The molecule has 0 aliphatic carbocycles. The van der Waals surface area contributed by atoms with Gasteiger partial charge in [-0.1, -0.05) is 34.8 Å². The number of amides is 1. The number of hydrogen-bond acceptors (Lipinski definition) is 3. The van der Waals surface area contributed by atoms with E-state index in [2.05, 4.69) is 5.32 Å². The van der Waals surface area contributed by atoms with Gasteiger partial charge in [0.25, 0.3) is 0 Å². The number of halogens is 3. The number of nitrogens with zero attached hydrogens (tertiary/aromatic N) is 1. The van der Waals surface area contributed by atoms with Crippen molar-refractivity contribution in [2.45, 2.75) is 13.0 Å². The molecular formula is C16H15Cl3N2O3S. The summed E-state index contributed by atoms with van der Waals surface area (Å²) in [5.41, 5.74) is 0.627. The van der Waals surface area contributed by atoms with Crippen LogP contribution in [0, 0.1) is 0 Å². The molecule has 0 saturated carbocycles. The lowest BCUT2D eigenvalue weighted by atomic mass is 10.2. The number of hydrogen-bond donors (Lipinski definition) is 1. The maximum absolute atomic E-state index is 12.6. The smallest absolute Gasteiger partial charge is 0.248 e. The first-order chi connectivity index (χ1) is 11.6. The molecule has 0 saturated heterocycles. The van der Waals surface area contributed by atoms with E-state index in [1.54, 1.807) is 18.2 Å². The van der Waals surface area contributed by atoms with Crippen LogP contribution in [0.25, 0.3) is 0 Å². The SMILES string of the molecule is C[C@@H](C(=O)Nc1cc(Cl)ccc1Cl)N(c1ccc(Cl)cc1)S(C)(=O)=O. The Morgan fingerprint density at radius 1 is 1.04 bits per heavy atom. The molecule has 0 fully saturated rings. The van der Waals surface area contributed by atoms with Crippen LogP contribution in [0.4, 0.5) is 11.4 Å². The van der Waals surface area contributed by atoms with Crippen LogP contribution in [-0.4, -0.2) is 26.6 Å². The number of carbonyl (C=O) groups excluding carboxylic acids is 1. The minimum atomic E-state index is -3.72. The van der Waals surface area contributed by atoms with Crippen molar-refractivity contribution in [1.29, 1.82) is 0 Å². The maximum Gasteiger partial charge on any atom is 0.248 e. The number of rotatable bonds is 5. The molecule has 134 valence electrons. The minimum absolute atomic E-state index is 0.294. The van der Waals surface area contributed by atoms with E-state index in [1.165, 1.54) is 31.2 Å². The van der Waals surface area contributed by atoms with Gasteiger partial charge in [-0.2, -0.15) is 0 Å². The Morgan fingerprint density at radius 2 is 1.60 bits per heavy atom. The summed E-state index contributed by atoms with van der Waals surface area (Å²) in [7, 11) is -3.72. The van der Waals surface area contributed by atoms with Crippen LogP contribution >= 0.6 is 34.8 Å². The number of sulfonamides is 1. The van der Waals surface area contributed by atoms with Crippen LogP contribution in [-0.2, 0) is 14.8 Å². The summed E-state index contributed by atoms with van der Waals surface area (Å²) in [6.45, 7) is 1.48. The fourth-order valence-electron chi connectivity index (χ4n) is 2.23. The van der Waals surface area contributed by atoms with Crippen molar-refractivity contribution in [1.82, 2.24) is 0 Å². The Bertz CT molecular complexity index is 886. The van der Waals surface area contributed by atoms with Gasteiger partial charge in [-0.15, -0.1) is 0 Å². The fraction of sp³-hybridized carbons (Fsp3) is 0.188. The molecule has 0 bridgehead atoms. The van der Waals surface area contributed by atoms with Crippen molar-refractivity contribution in [2.24, 2.45) is 0 Å². The highest BCUT2D eigenvalue weighted by atomic mass is 35.5. The zero-order chi connectivity index (χ0) is 18.8. The van der Waals surface area contributed by atoms with Gasteiger partial charge in [0, 0.05) is 10.0 Å². The van der Waals surface area contributed by atoms with Gasteiger partial charge in [0.05, 0.1) is 22.7 Å². The van der Waals surface area contributed by atoms with Crippen LogP contribution in [0.5, 0.6) is 0 Å². The van der Waals surface area contributed by atoms with Gasteiger partial charge in [-0.25, -0.2) is 8.42 Å². The van der Waals surface area contributed by atoms with E-state index in [-0.39, 0.29) is 0 Å². The molecule has 25 heavy (non-hydrogen) atoms. The average Bonchev–Trinajstić information content (AvgIpc) is 2.51. The summed E-state index contributed by atoms with van der Waals surface area (Å²) in [5.74, 6) is -0.551. The molecule has 0 aliphatic rings. The second-order valence-electron chi connectivity index (χ2n) is 5.32. The largest absolute Gasteiger partial charge is 0.323 e. The third kappa shape index (κ3) is 5.01. The molecule has 0 aliphatic heterocycles. The van der Waals surface area contributed by atoms with E-state index in [9.17, 15) is 13.2 Å². The quantitative estimate of drug-likeness (QED) is 0.776. The molecule has 5 nitrogen and oxygen atoms in total. The van der Waals surface area contributed by atoms with Crippen LogP contribution in [0.2, 0.25) is 15.1 Å². The Kier molecular flexibility index (Phi) is 6.21. The molecule has 2 rings (SSSR count). The third-order valence-corrected chi connectivity index (χ3v) is 5.41. The summed E-state index contributed by atoms with van der Waals surface area (Å²) < 4.78 is 25.4. The molecule has 1 atom stereocenters. The van der Waals surface area contributed by atoms with Crippen molar-refractivity contribution < 1.29 is 13.2 Å². The van der Waals surface area contributed by atoms with Crippen LogP contribution in [0.3, 0.4) is 0 Å². The summed E-state index contributed by atoms with van der Waals surface area (Å²) in [6, 6.07) is 9.74. The molecule has 9 heteroatoms. The summed E-state index contributed by atoms with van der Waals surface area (Å²) in [4.78, 5) is 12.6. The third-order valence-electron chi connectivity index (χ3n) is 3.36. The molecule has 1 amide bonds. The Labute approximate surface area is 161 Å². The first-order valence-electron chi connectivity index (χ1n) is 7.10. The van der Waals surface area contributed by atoms with Crippen LogP contribution < -0.4 is 9.62 Å². The van der Waals surface area contributed by atoms with Crippen molar-refractivity contribution in [3.05, 3.63) is 57.5 Å². The van der Waals surface area contributed by atoms with E-state index in [4.69, 9.17) is 34.8 Å². The molecule has 0 unspecified atom stereocenters. The lowest BCUT2D eigenvalue weighted by Crippen LogP contribution is -2.45. The normalized spacial score (nSPS) is 12.5. The highest BCUT2D eigenvalue weighted by Crippen LogP contribution is 2.27. The Hall–Kier alpha value is -1.47. The molecule has 2 aromatic carbocycles. The van der Waals surface area contributed by atoms with Gasteiger partial charge in [0.2, 0.25) is 15.9 Å². The average molecular weight is 422 g/mol. The zero-order valence-electron chi connectivity index (χ0n) is 13.3. The molecule has 0 radical (unpaired) electrons. The van der Waals surface area contributed by atoms with Gasteiger partial charge >= 0.3 is 0 Å². The van der Waals surface area contributed by atoms with Crippen LogP contribution in [0.1, 0.15) is 6.92 Å². The van der Waals surface area contributed by atoms with E-state index >= 15 is 0 Å². The van der Waals surface area contributed by atoms with Gasteiger partial charge in [0.1, 0.15) is 6.04 Å². The lowest BCUT2D eigenvalue weighted by Gasteiger charge is -2.28. The summed E-state index contributed by atoms with van der Waals surface area (Å²) in [6.07, 6.45) is 1.03. The first-order valence-corrected chi connectivity index (χ1v) is 10.1. The predicted octanol–water partition coefficient (Wildman–Crippen LogP) is 4.44. The van der Waals surface area contributed by atoms with Gasteiger partial charge in [0.15, 0.2) is 0 Å². The molecule has 0 spiro atoms. The lowest BCUT2D eigenvalue weighted by molar-refractivity contribution is -0.116. The van der Waals surface area contributed by atoms with Crippen molar-refractivity contribution in [3.63, 3.8) is 0 Å². The second-order valence-corrected chi connectivity index (χ2v) is 8.46. The number of carbonyl (C=O) groups is 1. The first kappa shape index (κ1) is 19.8. The molecule has 0 aromatic heterocycles. The summed E-state index contributed by atoms with van der Waals surface area (Å²) >= 11 is 17.8. The maximum atomic E-state index is 12.6. The summed E-state index contributed by atoms with van der Waals surface area (Å²) in [5, 5.41) is 3.74. The van der Waals surface area contributed by atoms with Gasteiger partial charge in [-0.05, 0) is 49.4 Å². The Morgan fingerprint density at radius 3 is 2.16 bits per heavy atom. The Balaban J connectivity index is 2.33. The molecule has 0 heterocycles. The van der Waals surface area contributed by atoms with Crippen LogP contribution in [0.15, 0.2) is 42.5 Å². The number of benzene rings is 2. The van der Waals surface area contributed by atoms with E-state index in [1.807, 2.05) is 0 Å². The molecular weight excluding hydrogens is 407 g/mol. The van der Waals surface area contributed by atoms with Gasteiger partial charge in [-0.3, -0.25) is 9.10 Å². The molecule has 2 aromatic rings. The zero-order valence-corrected chi connectivity index (χ0v) is 16.4. The van der Waals surface area contributed by atoms with Crippen molar-refractivity contribution in [3.8, 4) is 0 Å². The second kappa shape index (κ2) is 7.83. The standard InChI is InChI=1S/C16H15Cl3N2O3S/c1-10(16(22)20-15-9-12(18)5-8-14(15)19)21(25(2,23)24)13-6-3-11(17)4-7-13/h3-10H,1-2H3,(H,20,22)/t10-/m0/s1. The highest BCUT2D eigenvalue weighted by molar-refractivity contribution is 7.92. The minimum Gasteiger partial charge on any atom is -0.323 e. The molecule has 1 N–H and O–H groups in total. The number of anilines is 2. The van der Waals surface area contributed by atoms with Gasteiger partial charge < -0.3 is 5.32 Å². The number of nitrogens with one attached hydrogen (secondary N) is 1. The topological polar surface area (TPSA) is 66.5 Å². The highest BCUT2D eigenvalue weighted by Gasteiger charge is 2.29. The van der Waals surface area contributed by atoms with Crippen molar-refractivity contribution in [2.75, 3.05) is 15.9 Å². The monoisotopic (exact) mass is 420 g/mol. The van der Waals surface area contributed by atoms with Crippen molar-refractivity contribution >= 4 is 62.1 Å². The van der Waals surface area contributed by atoms with E-state index in [0.29, 0.717) is 26.4 Å². The van der Waals surface area contributed by atoms with E-state index in [0.717, 1.165) is 10.6 Å².